The highest BCUT2D eigenvalue weighted by Crippen LogP contribution is 1.97. The summed E-state index contributed by atoms with van der Waals surface area (Å²) in [6, 6.07) is 0.253. The predicted octanol–water partition coefficient (Wildman–Crippen LogP) is -0.903. The third-order valence-corrected chi connectivity index (χ3v) is 2.39. The van der Waals surface area contributed by atoms with E-state index in [1.54, 1.807) is 0 Å². The van der Waals surface area contributed by atoms with E-state index in [2.05, 4.69) is 6.58 Å². The summed E-state index contributed by atoms with van der Waals surface area (Å²) in [6.45, 7) is 3.35. The maximum absolute atomic E-state index is 8.82. The minimum Gasteiger partial charge on any atom is -0.410 e. The summed E-state index contributed by atoms with van der Waals surface area (Å²) in [5.41, 5.74) is 5.01. The molecule has 0 bridgehead atoms. The lowest BCUT2D eigenvalue weighted by atomic mass is 10.8. The Hall–Kier alpha value is -0.163. The fourth-order valence-electron chi connectivity index (χ4n) is 0.314. The molecule has 0 saturated heterocycles. The van der Waals surface area contributed by atoms with Gasteiger partial charge in [0, 0.05) is 12.2 Å². The fourth-order valence-corrected chi connectivity index (χ4v) is 0.943. The third kappa shape index (κ3) is 2.92. The Balaban J connectivity index is 3.53. The van der Waals surface area contributed by atoms with Gasteiger partial charge < -0.3 is 15.3 Å². The van der Waals surface area contributed by atoms with Crippen LogP contribution in [0.2, 0.25) is 6.04 Å². The van der Waals surface area contributed by atoms with Crippen molar-refractivity contribution in [1.82, 2.24) is 0 Å². The molecule has 0 aromatic rings. The monoisotopic (exact) mass is 133 g/mol. The minimum absolute atomic E-state index is 0.0149. The summed E-state index contributed by atoms with van der Waals surface area (Å²) in [4.78, 5) is 17.6. The minimum atomic E-state index is -3.02. The zero-order valence-electron chi connectivity index (χ0n) is 4.67. The van der Waals surface area contributed by atoms with Crippen LogP contribution in [0.25, 0.3) is 0 Å². The molecule has 3 nitrogen and oxygen atoms in total. The highest BCUT2D eigenvalue weighted by molar-refractivity contribution is 6.65. The molecule has 0 heterocycles. The molecular weight excluding hydrogens is 122 g/mol. The van der Waals surface area contributed by atoms with Crippen LogP contribution in [0.5, 0.6) is 0 Å². The van der Waals surface area contributed by atoms with Crippen molar-refractivity contribution in [3.05, 3.63) is 12.7 Å². The van der Waals surface area contributed by atoms with Crippen molar-refractivity contribution >= 4 is 8.56 Å². The van der Waals surface area contributed by atoms with E-state index in [0.717, 1.165) is 0 Å². The fraction of sp³-hybridized carbons (Fsp3) is 0.500. The van der Waals surface area contributed by atoms with Crippen LogP contribution in [0.15, 0.2) is 12.7 Å². The molecule has 4 heteroatoms. The third-order valence-electron chi connectivity index (χ3n) is 0.798. The smallest absolute Gasteiger partial charge is 0.350 e. The predicted molar refractivity (Wildman–Crippen MR) is 34.2 cm³/mol. The van der Waals surface area contributed by atoms with Gasteiger partial charge in [0.1, 0.15) is 0 Å². The molecule has 0 unspecified atom stereocenters. The summed E-state index contributed by atoms with van der Waals surface area (Å²) >= 11 is 0. The molecule has 0 radical (unpaired) electrons. The largest absolute Gasteiger partial charge is 0.410 e. The van der Waals surface area contributed by atoms with E-state index in [4.69, 9.17) is 15.3 Å². The van der Waals surface area contributed by atoms with Gasteiger partial charge in [0.2, 0.25) is 0 Å². The van der Waals surface area contributed by atoms with Gasteiger partial charge in [0.25, 0.3) is 0 Å². The van der Waals surface area contributed by atoms with E-state index >= 15 is 0 Å². The molecule has 4 N–H and O–H groups in total. The first-order valence-electron chi connectivity index (χ1n) is 2.38. The van der Waals surface area contributed by atoms with Crippen molar-refractivity contribution in [3.8, 4) is 0 Å². The Morgan fingerprint density at radius 1 is 1.62 bits per heavy atom. The van der Waals surface area contributed by atoms with Gasteiger partial charge in [-0.1, -0.05) is 6.08 Å². The first kappa shape index (κ1) is 7.84. The van der Waals surface area contributed by atoms with Gasteiger partial charge >= 0.3 is 8.56 Å². The van der Waals surface area contributed by atoms with Crippen LogP contribution in [0.3, 0.4) is 0 Å². The first-order valence-corrected chi connectivity index (χ1v) is 4.69. The Morgan fingerprint density at radius 3 is 2.25 bits per heavy atom. The molecule has 0 aromatic heterocycles. The Bertz CT molecular complexity index is 84.1. The summed E-state index contributed by atoms with van der Waals surface area (Å²) in [6.07, 6.45) is 1.46. The zero-order chi connectivity index (χ0) is 6.62. The Labute approximate surface area is 49.7 Å². The van der Waals surface area contributed by atoms with E-state index in [1.165, 1.54) is 6.08 Å². The topological polar surface area (TPSA) is 66.5 Å². The molecule has 48 valence electrons. The molecule has 8 heavy (non-hydrogen) atoms. The lowest BCUT2D eigenvalue weighted by Gasteiger charge is -2.11. The summed E-state index contributed by atoms with van der Waals surface area (Å²) in [5.74, 6) is 0. The van der Waals surface area contributed by atoms with Gasteiger partial charge in [0.05, 0.1) is 0 Å². The van der Waals surface area contributed by atoms with Gasteiger partial charge in [-0.05, 0) is 0 Å². The highest BCUT2D eigenvalue weighted by Gasteiger charge is 2.24. The van der Waals surface area contributed by atoms with Gasteiger partial charge in [0.15, 0.2) is 0 Å². The zero-order valence-corrected chi connectivity index (χ0v) is 5.67. The molecule has 0 aliphatic heterocycles. The molecule has 0 amide bonds. The van der Waals surface area contributed by atoms with Gasteiger partial charge in [-0.15, -0.1) is 6.58 Å². The lowest BCUT2D eigenvalue weighted by molar-refractivity contribution is 0.366. The van der Waals surface area contributed by atoms with Gasteiger partial charge in [-0.2, -0.15) is 0 Å². The van der Waals surface area contributed by atoms with Crippen LogP contribution in [0.1, 0.15) is 0 Å². The summed E-state index contributed by atoms with van der Waals surface area (Å²) in [5, 5.41) is 0. The van der Waals surface area contributed by atoms with E-state index in [-0.39, 0.29) is 12.2 Å². The molecule has 0 rings (SSSR count). The molecule has 0 aliphatic carbocycles. The number of hydrogen-bond acceptors (Lipinski definition) is 3. The molecule has 0 saturated carbocycles. The van der Waals surface area contributed by atoms with Crippen LogP contribution in [-0.2, 0) is 0 Å². The second kappa shape index (κ2) is 2.98. The van der Waals surface area contributed by atoms with Crippen LogP contribution in [-0.4, -0.2) is 24.3 Å². The van der Waals surface area contributed by atoms with Crippen molar-refractivity contribution in [2.75, 3.05) is 6.17 Å². The summed E-state index contributed by atoms with van der Waals surface area (Å²) in [7, 11) is -3.02. The average Bonchev–Trinajstić information content (AvgIpc) is 1.67. The number of nitrogens with two attached hydrogens (primary N) is 1. The van der Waals surface area contributed by atoms with Crippen LogP contribution >= 0.6 is 0 Å². The van der Waals surface area contributed by atoms with Crippen molar-refractivity contribution in [3.63, 3.8) is 0 Å². The van der Waals surface area contributed by atoms with Gasteiger partial charge in [-0.25, -0.2) is 0 Å². The molecule has 0 fully saturated rings. The van der Waals surface area contributed by atoms with Crippen molar-refractivity contribution in [2.24, 2.45) is 5.73 Å². The molecule has 0 atom stereocenters. The maximum atomic E-state index is 8.82. The molecule has 0 spiro atoms. The van der Waals surface area contributed by atoms with Crippen LogP contribution in [0, 0.1) is 0 Å². The van der Waals surface area contributed by atoms with E-state index in [9.17, 15) is 0 Å². The Morgan fingerprint density at radius 2 is 2.12 bits per heavy atom. The lowest BCUT2D eigenvalue weighted by Crippen LogP contribution is -2.43. The SMILES string of the molecule is C=CC[Si](O)(O)CN. The van der Waals surface area contributed by atoms with E-state index in [1.807, 2.05) is 0 Å². The number of allylic oxidation sites excluding steroid dienone is 1. The maximum Gasteiger partial charge on any atom is 0.350 e. The van der Waals surface area contributed by atoms with Crippen molar-refractivity contribution in [2.45, 2.75) is 6.04 Å². The number of hydrogen-bond donors (Lipinski definition) is 3. The van der Waals surface area contributed by atoms with Crippen LogP contribution < -0.4 is 5.73 Å². The van der Waals surface area contributed by atoms with Crippen LogP contribution in [0.4, 0.5) is 0 Å². The first-order chi connectivity index (χ1) is 3.62. The van der Waals surface area contributed by atoms with E-state index < -0.39 is 8.56 Å². The highest BCUT2D eigenvalue weighted by atomic mass is 28.4. The molecular formula is C4H11NO2Si. The Kier molecular flexibility index (Phi) is 2.92. The second-order valence-electron chi connectivity index (χ2n) is 1.68. The van der Waals surface area contributed by atoms with Gasteiger partial charge in [-0.3, -0.25) is 0 Å². The molecule has 0 aromatic carbocycles. The normalized spacial score (nSPS) is 11.4. The van der Waals surface area contributed by atoms with Crippen molar-refractivity contribution < 1.29 is 9.59 Å². The quantitative estimate of drug-likeness (QED) is 0.345. The molecule has 0 aliphatic rings. The average molecular weight is 133 g/mol. The van der Waals surface area contributed by atoms with Crippen molar-refractivity contribution in [1.29, 1.82) is 0 Å². The number of rotatable bonds is 3. The second-order valence-corrected chi connectivity index (χ2v) is 4.46. The van der Waals surface area contributed by atoms with E-state index in [0.29, 0.717) is 0 Å². The standard InChI is InChI=1S/C4H11NO2Si/c1-2-3-8(6,7)4-5/h2,6-7H,1,3-5H2. The summed E-state index contributed by atoms with van der Waals surface area (Å²) < 4.78 is 0.